The zero-order valence-electron chi connectivity index (χ0n) is 11.6. The maximum Gasteiger partial charge on any atom is 0.226 e. The lowest BCUT2D eigenvalue weighted by molar-refractivity contribution is 0.241. The van der Waals surface area contributed by atoms with Gasteiger partial charge in [0.15, 0.2) is 5.84 Å². The Morgan fingerprint density at radius 3 is 2.95 bits per heavy atom. The molecule has 1 aromatic heterocycles. The highest BCUT2D eigenvalue weighted by Gasteiger charge is 2.34. The van der Waals surface area contributed by atoms with Crippen molar-refractivity contribution in [1.82, 2.24) is 9.97 Å². The Hall–Kier alpha value is -1.85. The van der Waals surface area contributed by atoms with Gasteiger partial charge in [0.2, 0.25) is 5.95 Å². The lowest BCUT2D eigenvalue weighted by Crippen LogP contribution is -2.47. The van der Waals surface area contributed by atoms with Gasteiger partial charge in [0.25, 0.3) is 0 Å². The standard InChI is InChI=1S/C14H21N5O/c15-13(18-20)11-7-8-16-14(17-11)19-9-3-5-10-4-1-2-6-12(10)19/h7-8,10,12,20H,1-6,9H2,(H2,15,18)/t10-,12-/m1/s1. The second-order valence-corrected chi connectivity index (χ2v) is 5.67. The van der Waals surface area contributed by atoms with Gasteiger partial charge in [-0.05, 0) is 37.7 Å². The third-order valence-corrected chi connectivity index (χ3v) is 4.51. The van der Waals surface area contributed by atoms with E-state index in [1.165, 1.54) is 38.5 Å². The van der Waals surface area contributed by atoms with E-state index in [1.807, 2.05) is 0 Å². The summed E-state index contributed by atoms with van der Waals surface area (Å²) in [5.74, 6) is 1.52. The number of aromatic nitrogens is 2. The first kappa shape index (κ1) is 13.1. The molecule has 0 amide bonds. The van der Waals surface area contributed by atoms with Gasteiger partial charge in [-0.25, -0.2) is 9.97 Å². The summed E-state index contributed by atoms with van der Waals surface area (Å²) in [5, 5.41) is 11.8. The Labute approximate surface area is 118 Å². The van der Waals surface area contributed by atoms with Crippen molar-refractivity contribution in [2.75, 3.05) is 11.4 Å². The fourth-order valence-corrected chi connectivity index (χ4v) is 3.55. The highest BCUT2D eigenvalue weighted by molar-refractivity contribution is 5.95. The van der Waals surface area contributed by atoms with Crippen LogP contribution in [0.1, 0.15) is 44.2 Å². The first-order chi connectivity index (χ1) is 9.79. The maximum absolute atomic E-state index is 8.77. The fourth-order valence-electron chi connectivity index (χ4n) is 3.55. The minimum Gasteiger partial charge on any atom is -0.409 e. The lowest BCUT2D eigenvalue weighted by Gasteiger charge is -2.44. The topological polar surface area (TPSA) is 87.6 Å². The fraction of sp³-hybridized carbons (Fsp3) is 0.643. The predicted molar refractivity (Wildman–Crippen MR) is 76.9 cm³/mol. The van der Waals surface area contributed by atoms with Gasteiger partial charge in [-0.3, -0.25) is 0 Å². The summed E-state index contributed by atoms with van der Waals surface area (Å²) in [6.07, 6.45) is 9.38. The van der Waals surface area contributed by atoms with Crippen LogP contribution in [0.5, 0.6) is 0 Å². The number of hydrogen-bond acceptors (Lipinski definition) is 5. The molecule has 1 aliphatic heterocycles. The van der Waals surface area contributed by atoms with Crippen LogP contribution < -0.4 is 10.6 Å². The molecule has 0 spiro atoms. The molecule has 0 bridgehead atoms. The first-order valence-electron chi connectivity index (χ1n) is 7.37. The third-order valence-electron chi connectivity index (χ3n) is 4.51. The normalized spacial score (nSPS) is 27.2. The van der Waals surface area contributed by atoms with Crippen LogP contribution in [0.2, 0.25) is 0 Å². The van der Waals surface area contributed by atoms with Gasteiger partial charge in [0.1, 0.15) is 5.69 Å². The summed E-state index contributed by atoms with van der Waals surface area (Å²) >= 11 is 0. The van der Waals surface area contributed by atoms with E-state index in [2.05, 4.69) is 20.0 Å². The third kappa shape index (κ3) is 2.42. The van der Waals surface area contributed by atoms with E-state index < -0.39 is 0 Å². The zero-order chi connectivity index (χ0) is 13.9. The first-order valence-corrected chi connectivity index (χ1v) is 7.37. The molecule has 0 radical (unpaired) electrons. The minimum atomic E-state index is 0.0332. The molecular weight excluding hydrogens is 254 g/mol. The average Bonchev–Trinajstić information content (AvgIpc) is 2.53. The van der Waals surface area contributed by atoms with E-state index in [0.29, 0.717) is 17.7 Å². The van der Waals surface area contributed by atoms with E-state index >= 15 is 0 Å². The summed E-state index contributed by atoms with van der Waals surface area (Å²) in [6.45, 7) is 1.00. The van der Waals surface area contributed by atoms with Crippen molar-refractivity contribution < 1.29 is 5.21 Å². The highest BCUT2D eigenvalue weighted by atomic mass is 16.4. The number of nitrogens with two attached hydrogens (primary N) is 1. The van der Waals surface area contributed by atoms with Crippen LogP contribution in [-0.4, -0.2) is 33.6 Å². The predicted octanol–water partition coefficient (Wildman–Crippen LogP) is 1.73. The van der Waals surface area contributed by atoms with Crippen molar-refractivity contribution in [3.05, 3.63) is 18.0 Å². The lowest BCUT2D eigenvalue weighted by atomic mass is 9.78. The van der Waals surface area contributed by atoms with Crippen molar-refractivity contribution in [2.45, 2.75) is 44.6 Å². The molecular formula is C14H21N5O. The minimum absolute atomic E-state index is 0.0332. The molecule has 0 aromatic carbocycles. The molecule has 2 fully saturated rings. The molecule has 2 aliphatic rings. The zero-order valence-corrected chi connectivity index (χ0v) is 11.6. The monoisotopic (exact) mass is 275 g/mol. The number of oxime groups is 1. The number of anilines is 1. The molecule has 6 nitrogen and oxygen atoms in total. The number of hydrogen-bond donors (Lipinski definition) is 2. The van der Waals surface area contributed by atoms with E-state index in [4.69, 9.17) is 10.9 Å². The molecule has 1 saturated carbocycles. The molecule has 1 saturated heterocycles. The van der Waals surface area contributed by atoms with Crippen LogP contribution in [0.4, 0.5) is 5.95 Å². The van der Waals surface area contributed by atoms with Crippen LogP contribution >= 0.6 is 0 Å². The van der Waals surface area contributed by atoms with Crippen molar-refractivity contribution in [3.63, 3.8) is 0 Å². The Bertz CT molecular complexity index is 502. The van der Waals surface area contributed by atoms with Crippen molar-refractivity contribution >= 4 is 11.8 Å². The van der Waals surface area contributed by atoms with Gasteiger partial charge in [0.05, 0.1) is 0 Å². The van der Waals surface area contributed by atoms with Gasteiger partial charge < -0.3 is 15.8 Å². The Kier molecular flexibility index (Phi) is 3.71. The Morgan fingerprint density at radius 1 is 1.30 bits per heavy atom. The number of piperidine rings is 1. The molecule has 0 unspecified atom stereocenters. The van der Waals surface area contributed by atoms with Gasteiger partial charge >= 0.3 is 0 Å². The molecule has 2 heterocycles. The average molecular weight is 275 g/mol. The summed E-state index contributed by atoms with van der Waals surface area (Å²) in [4.78, 5) is 11.2. The summed E-state index contributed by atoms with van der Waals surface area (Å²) < 4.78 is 0. The van der Waals surface area contributed by atoms with Crippen molar-refractivity contribution in [1.29, 1.82) is 0 Å². The quantitative estimate of drug-likeness (QED) is 0.371. The number of fused-ring (bicyclic) bond motifs is 1. The summed E-state index contributed by atoms with van der Waals surface area (Å²) in [7, 11) is 0. The molecule has 3 rings (SSSR count). The van der Waals surface area contributed by atoms with E-state index in [1.54, 1.807) is 12.3 Å². The second kappa shape index (κ2) is 5.64. The van der Waals surface area contributed by atoms with Crippen LogP contribution in [0, 0.1) is 5.92 Å². The highest BCUT2D eigenvalue weighted by Crippen LogP contribution is 2.36. The van der Waals surface area contributed by atoms with E-state index in [9.17, 15) is 0 Å². The molecule has 2 atom stereocenters. The number of rotatable bonds is 2. The Morgan fingerprint density at radius 2 is 2.10 bits per heavy atom. The van der Waals surface area contributed by atoms with Crippen LogP contribution in [-0.2, 0) is 0 Å². The molecule has 1 aliphatic carbocycles. The number of amidine groups is 1. The molecule has 20 heavy (non-hydrogen) atoms. The van der Waals surface area contributed by atoms with Crippen LogP contribution in [0.3, 0.4) is 0 Å². The molecule has 3 N–H and O–H groups in total. The molecule has 6 heteroatoms. The largest absolute Gasteiger partial charge is 0.409 e. The van der Waals surface area contributed by atoms with Gasteiger partial charge in [-0.2, -0.15) is 0 Å². The SMILES string of the molecule is N/C(=N/O)c1ccnc(N2CCC[C@H]3CCCC[C@H]32)n1. The van der Waals surface area contributed by atoms with Crippen LogP contribution in [0.25, 0.3) is 0 Å². The van der Waals surface area contributed by atoms with Gasteiger partial charge in [-0.1, -0.05) is 18.0 Å². The maximum atomic E-state index is 8.77. The van der Waals surface area contributed by atoms with E-state index in [-0.39, 0.29) is 5.84 Å². The smallest absolute Gasteiger partial charge is 0.226 e. The number of nitrogens with zero attached hydrogens (tertiary/aromatic N) is 4. The summed E-state index contributed by atoms with van der Waals surface area (Å²) in [5.41, 5.74) is 6.10. The van der Waals surface area contributed by atoms with E-state index in [0.717, 1.165) is 12.5 Å². The molecule has 1 aromatic rings. The van der Waals surface area contributed by atoms with Gasteiger partial charge in [-0.15, -0.1) is 0 Å². The van der Waals surface area contributed by atoms with Gasteiger partial charge in [0, 0.05) is 18.8 Å². The van der Waals surface area contributed by atoms with Crippen molar-refractivity contribution in [3.8, 4) is 0 Å². The molecule has 108 valence electrons. The van der Waals surface area contributed by atoms with Crippen LogP contribution in [0.15, 0.2) is 17.4 Å². The summed E-state index contributed by atoms with van der Waals surface area (Å²) in [6, 6.07) is 2.22. The Balaban J connectivity index is 1.87. The second-order valence-electron chi connectivity index (χ2n) is 5.67. The van der Waals surface area contributed by atoms with Crippen molar-refractivity contribution in [2.24, 2.45) is 16.8 Å².